The van der Waals surface area contributed by atoms with E-state index in [1.54, 1.807) is 12.1 Å². The van der Waals surface area contributed by atoms with Crippen LogP contribution in [0.4, 0.5) is 23.2 Å². The van der Waals surface area contributed by atoms with Crippen molar-refractivity contribution >= 4 is 29.1 Å². The van der Waals surface area contributed by atoms with Gasteiger partial charge in [-0.05, 0) is 36.8 Å². The number of rotatable bonds is 5. The number of amides is 2. The lowest BCUT2D eigenvalue weighted by Crippen LogP contribution is -2.24. The summed E-state index contributed by atoms with van der Waals surface area (Å²) < 4.78 is 51.0. The number of halogens is 5. The fraction of sp³-hybridized carbons (Fsp3) is 0.300. The van der Waals surface area contributed by atoms with Crippen molar-refractivity contribution in [3.8, 4) is 0 Å². The summed E-state index contributed by atoms with van der Waals surface area (Å²) in [5.74, 6) is -2.47. The Kier molecular flexibility index (Phi) is 5.84. The Morgan fingerprint density at radius 3 is 2.69 bits per heavy atom. The van der Waals surface area contributed by atoms with Gasteiger partial charge in [-0.3, -0.25) is 9.59 Å². The van der Waals surface area contributed by atoms with E-state index in [-0.39, 0.29) is 22.7 Å². The van der Waals surface area contributed by atoms with Crippen LogP contribution in [-0.2, 0) is 4.79 Å². The van der Waals surface area contributed by atoms with Gasteiger partial charge in [0.05, 0.1) is 6.04 Å². The van der Waals surface area contributed by atoms with Gasteiger partial charge in [-0.1, -0.05) is 24.6 Å². The predicted octanol–water partition coefficient (Wildman–Crippen LogP) is 5.23. The first-order valence-corrected chi connectivity index (χ1v) is 9.21. The molecule has 0 saturated heterocycles. The number of hydrogen-bond donors (Lipinski definition) is 2. The molecule has 4 nitrogen and oxygen atoms in total. The van der Waals surface area contributed by atoms with Crippen LogP contribution in [-0.4, -0.2) is 18.0 Å². The number of carbonyl (C=O) groups is 2. The number of fused-ring (bicyclic) bond motifs is 1. The molecule has 0 bridgehead atoms. The van der Waals surface area contributed by atoms with Gasteiger partial charge in [0.2, 0.25) is 5.91 Å². The summed E-state index contributed by atoms with van der Waals surface area (Å²) in [6, 6.07) is 7.55. The molecule has 154 valence electrons. The molecule has 2 amide bonds. The van der Waals surface area contributed by atoms with Gasteiger partial charge in [0.25, 0.3) is 5.91 Å². The minimum atomic E-state index is -4.35. The van der Waals surface area contributed by atoms with Crippen LogP contribution in [0.15, 0.2) is 36.4 Å². The van der Waals surface area contributed by atoms with Crippen molar-refractivity contribution in [2.24, 2.45) is 5.92 Å². The van der Waals surface area contributed by atoms with Gasteiger partial charge in [0.15, 0.2) is 0 Å². The molecule has 2 N–H and O–H groups in total. The zero-order valence-corrected chi connectivity index (χ0v) is 16.0. The van der Waals surface area contributed by atoms with Crippen molar-refractivity contribution in [2.75, 3.05) is 5.32 Å². The first-order valence-electron chi connectivity index (χ1n) is 8.83. The third-order valence-electron chi connectivity index (χ3n) is 4.75. The molecular weight excluding hydrogens is 412 g/mol. The summed E-state index contributed by atoms with van der Waals surface area (Å²) >= 11 is 6.17. The maximum Gasteiger partial charge on any atom is 0.389 e. The van der Waals surface area contributed by atoms with E-state index >= 15 is 0 Å². The summed E-state index contributed by atoms with van der Waals surface area (Å²) in [5, 5.41) is 5.52. The second-order valence-electron chi connectivity index (χ2n) is 6.88. The molecule has 9 heteroatoms. The number of carbonyl (C=O) groups excluding carboxylic acids is 2. The van der Waals surface area contributed by atoms with Crippen LogP contribution in [0.3, 0.4) is 0 Å². The lowest BCUT2D eigenvalue weighted by Gasteiger charge is -2.19. The second kappa shape index (κ2) is 8.02. The highest BCUT2D eigenvalue weighted by atomic mass is 35.5. The molecule has 2 aromatic carbocycles. The van der Waals surface area contributed by atoms with Crippen molar-refractivity contribution in [1.82, 2.24) is 5.32 Å². The van der Waals surface area contributed by atoms with Crippen LogP contribution < -0.4 is 10.6 Å². The molecule has 1 aliphatic rings. The predicted molar refractivity (Wildman–Crippen MR) is 100 cm³/mol. The fourth-order valence-corrected chi connectivity index (χ4v) is 3.43. The molecule has 0 aliphatic carbocycles. The van der Waals surface area contributed by atoms with E-state index < -0.39 is 42.2 Å². The Morgan fingerprint density at radius 2 is 2.00 bits per heavy atom. The highest BCUT2D eigenvalue weighted by Crippen LogP contribution is 2.39. The Morgan fingerprint density at radius 1 is 1.28 bits per heavy atom. The zero-order valence-electron chi connectivity index (χ0n) is 15.2. The molecule has 3 rings (SSSR count). The van der Waals surface area contributed by atoms with Crippen LogP contribution in [0.1, 0.15) is 47.3 Å². The Bertz CT molecular complexity index is 962. The largest absolute Gasteiger partial charge is 0.389 e. The molecule has 0 aromatic heterocycles. The quantitative estimate of drug-likeness (QED) is 0.641. The third kappa shape index (κ3) is 4.70. The minimum Gasteiger partial charge on any atom is -0.341 e. The summed E-state index contributed by atoms with van der Waals surface area (Å²) in [4.78, 5) is 24.7. The van der Waals surface area contributed by atoms with Crippen LogP contribution in [0.25, 0.3) is 0 Å². The molecule has 0 radical (unpaired) electrons. The van der Waals surface area contributed by atoms with Crippen molar-refractivity contribution in [2.45, 2.75) is 32.0 Å². The van der Waals surface area contributed by atoms with Crippen LogP contribution >= 0.6 is 11.6 Å². The molecular formula is C20H17ClF4N2O2. The van der Waals surface area contributed by atoms with E-state index in [1.165, 1.54) is 31.2 Å². The summed E-state index contributed by atoms with van der Waals surface area (Å²) in [7, 11) is 0. The second-order valence-corrected chi connectivity index (χ2v) is 7.29. The molecule has 29 heavy (non-hydrogen) atoms. The van der Waals surface area contributed by atoms with Gasteiger partial charge in [-0.25, -0.2) is 4.39 Å². The number of hydrogen-bond acceptors (Lipinski definition) is 2. The average molecular weight is 429 g/mol. The van der Waals surface area contributed by atoms with Gasteiger partial charge in [-0.2, -0.15) is 13.2 Å². The number of alkyl halides is 3. The van der Waals surface area contributed by atoms with Crippen molar-refractivity contribution in [3.63, 3.8) is 0 Å². The van der Waals surface area contributed by atoms with E-state index in [1.807, 2.05) is 0 Å². The summed E-state index contributed by atoms with van der Waals surface area (Å²) in [5.41, 5.74) is 1.23. The summed E-state index contributed by atoms with van der Waals surface area (Å²) in [6.07, 6.45) is -5.78. The van der Waals surface area contributed by atoms with Crippen molar-refractivity contribution < 1.29 is 27.2 Å². The van der Waals surface area contributed by atoms with Gasteiger partial charge in [-0.15, -0.1) is 0 Å². The zero-order chi connectivity index (χ0) is 21.3. The van der Waals surface area contributed by atoms with Gasteiger partial charge >= 0.3 is 6.18 Å². The molecule has 0 saturated carbocycles. The highest BCUT2D eigenvalue weighted by molar-refractivity contribution is 6.31. The number of benzene rings is 2. The van der Waals surface area contributed by atoms with E-state index in [0.717, 1.165) is 0 Å². The molecule has 1 heterocycles. The van der Waals surface area contributed by atoms with E-state index in [2.05, 4.69) is 10.6 Å². The fourth-order valence-electron chi connectivity index (χ4n) is 3.20. The molecule has 0 fully saturated rings. The Balaban J connectivity index is 1.90. The van der Waals surface area contributed by atoms with Gasteiger partial charge in [0, 0.05) is 39.7 Å². The SMILES string of the molecule is C[C@H](CCC(F)(F)F)C(=O)Nc1cccc2c1[C@@H](c1cc(F)ccc1Cl)NC2=O. The molecule has 0 unspecified atom stereocenters. The summed E-state index contributed by atoms with van der Waals surface area (Å²) in [6.45, 7) is 1.40. The molecule has 0 spiro atoms. The van der Waals surface area contributed by atoms with Crippen LogP contribution in [0.2, 0.25) is 5.02 Å². The lowest BCUT2D eigenvalue weighted by atomic mass is 9.95. The standard InChI is InChI=1S/C20H17ClF4N2O2/c1-10(7-8-20(23,24)25)18(28)26-15-4-2-3-12-16(15)17(27-19(12)29)13-9-11(22)5-6-14(13)21/h2-6,9-10,17H,7-8H2,1H3,(H,26,28)(H,27,29)/t10-,17-/m1/s1. The highest BCUT2D eigenvalue weighted by Gasteiger charge is 2.34. The Labute approximate surface area is 169 Å². The normalized spacial score (nSPS) is 16.9. The van der Waals surface area contributed by atoms with Crippen molar-refractivity contribution in [1.29, 1.82) is 0 Å². The number of nitrogens with one attached hydrogen (secondary N) is 2. The molecule has 2 aromatic rings. The topological polar surface area (TPSA) is 58.2 Å². The van der Waals surface area contributed by atoms with Gasteiger partial charge < -0.3 is 10.6 Å². The average Bonchev–Trinajstić information content (AvgIpc) is 2.99. The van der Waals surface area contributed by atoms with Crippen molar-refractivity contribution in [3.05, 3.63) is 63.9 Å². The first-order chi connectivity index (χ1) is 13.6. The maximum absolute atomic E-state index is 13.7. The third-order valence-corrected chi connectivity index (χ3v) is 5.09. The first kappa shape index (κ1) is 21.1. The maximum atomic E-state index is 13.7. The smallest absolute Gasteiger partial charge is 0.341 e. The monoisotopic (exact) mass is 428 g/mol. The Hall–Kier alpha value is -2.61. The lowest BCUT2D eigenvalue weighted by molar-refractivity contribution is -0.139. The van der Waals surface area contributed by atoms with Crippen LogP contribution in [0.5, 0.6) is 0 Å². The van der Waals surface area contributed by atoms with E-state index in [4.69, 9.17) is 11.6 Å². The molecule has 2 atom stereocenters. The number of anilines is 1. The molecule has 1 aliphatic heterocycles. The van der Waals surface area contributed by atoms with Gasteiger partial charge in [0.1, 0.15) is 5.82 Å². The van der Waals surface area contributed by atoms with E-state index in [0.29, 0.717) is 11.1 Å². The minimum absolute atomic E-state index is 0.226. The van der Waals surface area contributed by atoms with E-state index in [9.17, 15) is 27.2 Å². The van der Waals surface area contributed by atoms with Crippen LogP contribution in [0, 0.1) is 11.7 Å².